The largest absolute Gasteiger partial charge is 0.337 e. The summed E-state index contributed by atoms with van der Waals surface area (Å²) < 4.78 is 1.97. The Hall–Kier alpha value is -2.26. The normalized spacial score (nSPS) is 16.2. The molecule has 24 heavy (non-hydrogen) atoms. The molecule has 1 amide bonds. The van der Waals surface area contributed by atoms with E-state index in [0.29, 0.717) is 0 Å². The molecule has 1 aromatic heterocycles. The van der Waals surface area contributed by atoms with Gasteiger partial charge in [0.15, 0.2) is 5.16 Å². The lowest BCUT2D eigenvalue weighted by Crippen LogP contribution is -2.47. The van der Waals surface area contributed by atoms with Crippen molar-refractivity contribution in [3.63, 3.8) is 0 Å². The number of aromatic nitrogens is 2. The molecule has 5 nitrogen and oxygen atoms in total. The monoisotopic (exact) mass is 340 g/mol. The summed E-state index contributed by atoms with van der Waals surface area (Å²) in [6, 6.07) is 10.4. The maximum absolute atomic E-state index is 12.2. The number of thioether (sulfide) groups is 1. The number of aryl methyl sites for hydroxylation is 1. The Labute approximate surface area is 146 Å². The summed E-state index contributed by atoms with van der Waals surface area (Å²) in [5.74, 6) is 0.396. The zero-order valence-electron chi connectivity index (χ0n) is 13.8. The first-order valence-corrected chi connectivity index (χ1v) is 8.96. The van der Waals surface area contributed by atoms with Crippen LogP contribution in [0.5, 0.6) is 0 Å². The molecule has 1 aliphatic rings. The Morgan fingerprint density at radius 1 is 1.54 bits per heavy atom. The van der Waals surface area contributed by atoms with Gasteiger partial charge in [0, 0.05) is 18.1 Å². The highest BCUT2D eigenvalue weighted by Crippen LogP contribution is 2.39. The second-order valence-electron chi connectivity index (χ2n) is 6.34. The van der Waals surface area contributed by atoms with Gasteiger partial charge in [0.2, 0.25) is 5.91 Å². The van der Waals surface area contributed by atoms with Crippen LogP contribution in [0.1, 0.15) is 25.3 Å². The summed E-state index contributed by atoms with van der Waals surface area (Å²) in [5.41, 5.74) is 1.45. The Balaban J connectivity index is 1.65. The third kappa shape index (κ3) is 3.62. The van der Waals surface area contributed by atoms with Crippen molar-refractivity contribution in [3.05, 3.63) is 42.2 Å². The van der Waals surface area contributed by atoms with E-state index >= 15 is 0 Å². The summed E-state index contributed by atoms with van der Waals surface area (Å²) in [5, 5.41) is 13.0. The molecule has 1 fully saturated rings. The third-order valence-electron chi connectivity index (χ3n) is 4.24. The number of carbonyl (C=O) groups excluding carboxylic acids is 1. The number of nitriles is 1. The summed E-state index contributed by atoms with van der Waals surface area (Å²) in [4.78, 5) is 16.6. The molecule has 0 aliphatic heterocycles. The summed E-state index contributed by atoms with van der Waals surface area (Å²) in [6.07, 6.45) is 5.63. The van der Waals surface area contributed by atoms with Crippen LogP contribution in [0.25, 0.3) is 5.69 Å². The van der Waals surface area contributed by atoms with Crippen molar-refractivity contribution in [1.29, 1.82) is 5.26 Å². The van der Waals surface area contributed by atoms with Gasteiger partial charge in [-0.2, -0.15) is 5.26 Å². The zero-order valence-corrected chi connectivity index (χ0v) is 14.6. The topological polar surface area (TPSA) is 70.7 Å². The van der Waals surface area contributed by atoms with Crippen molar-refractivity contribution in [2.24, 2.45) is 5.92 Å². The van der Waals surface area contributed by atoms with Gasteiger partial charge in [-0.15, -0.1) is 0 Å². The van der Waals surface area contributed by atoms with Crippen LogP contribution in [-0.2, 0) is 4.79 Å². The number of carbonyl (C=O) groups is 1. The zero-order chi connectivity index (χ0) is 17.2. The minimum absolute atomic E-state index is 0.130. The predicted molar refractivity (Wildman–Crippen MR) is 93.9 cm³/mol. The summed E-state index contributed by atoms with van der Waals surface area (Å²) >= 11 is 1.38. The number of nitrogens with one attached hydrogen (secondary N) is 1. The summed E-state index contributed by atoms with van der Waals surface area (Å²) in [7, 11) is 0. The molecule has 1 unspecified atom stereocenters. The van der Waals surface area contributed by atoms with Crippen molar-refractivity contribution >= 4 is 17.7 Å². The number of amides is 1. The Kier molecular flexibility index (Phi) is 4.63. The van der Waals surface area contributed by atoms with Gasteiger partial charge in [0.05, 0.1) is 11.8 Å². The van der Waals surface area contributed by atoms with Gasteiger partial charge in [-0.25, -0.2) is 4.98 Å². The SMILES string of the molecule is Cc1cccc(-n2ccnc2SCC(=O)NC(C)(C#N)C2CC2)c1. The van der Waals surface area contributed by atoms with Gasteiger partial charge in [-0.1, -0.05) is 23.9 Å². The fourth-order valence-corrected chi connectivity index (χ4v) is 3.48. The maximum Gasteiger partial charge on any atom is 0.231 e. The van der Waals surface area contributed by atoms with Crippen molar-refractivity contribution < 1.29 is 4.79 Å². The van der Waals surface area contributed by atoms with E-state index in [-0.39, 0.29) is 17.6 Å². The molecular formula is C18H20N4OS. The fraction of sp³-hybridized carbons (Fsp3) is 0.389. The highest BCUT2D eigenvalue weighted by Gasteiger charge is 2.42. The van der Waals surface area contributed by atoms with Crippen LogP contribution in [0.4, 0.5) is 0 Å². The lowest BCUT2D eigenvalue weighted by molar-refractivity contribution is -0.119. The van der Waals surface area contributed by atoms with Crippen molar-refractivity contribution in [3.8, 4) is 11.8 Å². The van der Waals surface area contributed by atoms with Gasteiger partial charge in [-0.05, 0) is 50.3 Å². The van der Waals surface area contributed by atoms with Crippen molar-refractivity contribution in [2.45, 2.75) is 37.4 Å². The van der Waals surface area contributed by atoms with Gasteiger partial charge in [0.1, 0.15) is 5.54 Å². The Bertz CT molecular complexity index is 790. The van der Waals surface area contributed by atoms with E-state index in [9.17, 15) is 10.1 Å². The van der Waals surface area contributed by atoms with E-state index in [0.717, 1.165) is 23.7 Å². The molecule has 1 atom stereocenters. The van der Waals surface area contributed by atoms with E-state index in [1.807, 2.05) is 35.9 Å². The molecule has 6 heteroatoms. The van der Waals surface area contributed by atoms with Crippen molar-refractivity contribution in [1.82, 2.24) is 14.9 Å². The van der Waals surface area contributed by atoms with Gasteiger partial charge >= 0.3 is 0 Å². The molecule has 2 aromatic rings. The quantitative estimate of drug-likeness (QED) is 0.820. The van der Waals surface area contributed by atoms with Gasteiger partial charge < -0.3 is 5.32 Å². The molecule has 0 bridgehead atoms. The van der Waals surface area contributed by atoms with E-state index in [1.165, 1.54) is 17.3 Å². The molecule has 1 N–H and O–H groups in total. The highest BCUT2D eigenvalue weighted by molar-refractivity contribution is 7.99. The Morgan fingerprint density at radius 2 is 2.33 bits per heavy atom. The number of hydrogen-bond donors (Lipinski definition) is 1. The average molecular weight is 340 g/mol. The van der Waals surface area contributed by atoms with Crippen LogP contribution < -0.4 is 5.32 Å². The van der Waals surface area contributed by atoms with E-state index in [1.54, 1.807) is 13.1 Å². The second kappa shape index (κ2) is 6.70. The van der Waals surface area contributed by atoms with E-state index in [2.05, 4.69) is 22.4 Å². The molecule has 0 saturated heterocycles. The van der Waals surface area contributed by atoms with Crippen LogP contribution in [0.3, 0.4) is 0 Å². The number of nitrogens with zero attached hydrogens (tertiary/aromatic N) is 3. The standard InChI is InChI=1S/C18H20N4OS/c1-13-4-3-5-15(10-13)22-9-8-20-17(22)24-11-16(23)21-18(2,12-19)14-6-7-14/h3-5,8-10,14H,6-7,11H2,1-2H3,(H,21,23). The Morgan fingerprint density at radius 3 is 3.00 bits per heavy atom. The molecule has 0 spiro atoms. The molecule has 1 aromatic carbocycles. The smallest absolute Gasteiger partial charge is 0.231 e. The van der Waals surface area contributed by atoms with E-state index < -0.39 is 5.54 Å². The molecule has 1 aliphatic carbocycles. The highest BCUT2D eigenvalue weighted by atomic mass is 32.2. The molecule has 1 heterocycles. The first kappa shape index (κ1) is 16.6. The lowest BCUT2D eigenvalue weighted by atomic mass is 9.98. The lowest BCUT2D eigenvalue weighted by Gasteiger charge is -2.22. The molecule has 124 valence electrons. The first-order chi connectivity index (χ1) is 11.5. The van der Waals surface area contributed by atoms with Gasteiger partial charge in [-0.3, -0.25) is 9.36 Å². The first-order valence-electron chi connectivity index (χ1n) is 7.97. The van der Waals surface area contributed by atoms with Crippen LogP contribution in [0, 0.1) is 24.2 Å². The molecule has 1 saturated carbocycles. The van der Waals surface area contributed by atoms with Crippen LogP contribution in [0.2, 0.25) is 0 Å². The molecule has 0 radical (unpaired) electrons. The number of benzene rings is 1. The van der Waals surface area contributed by atoms with Gasteiger partial charge in [0.25, 0.3) is 0 Å². The minimum Gasteiger partial charge on any atom is -0.337 e. The van der Waals surface area contributed by atoms with Crippen LogP contribution >= 0.6 is 11.8 Å². The maximum atomic E-state index is 12.2. The number of hydrogen-bond acceptors (Lipinski definition) is 4. The third-order valence-corrected chi connectivity index (χ3v) is 5.21. The number of rotatable bonds is 6. The van der Waals surface area contributed by atoms with Crippen LogP contribution in [0.15, 0.2) is 41.8 Å². The molecule has 3 rings (SSSR count). The summed E-state index contributed by atoms with van der Waals surface area (Å²) in [6.45, 7) is 3.85. The van der Waals surface area contributed by atoms with Crippen molar-refractivity contribution in [2.75, 3.05) is 5.75 Å². The minimum atomic E-state index is -0.746. The van der Waals surface area contributed by atoms with E-state index in [4.69, 9.17) is 0 Å². The van der Waals surface area contributed by atoms with Crippen LogP contribution in [-0.4, -0.2) is 26.8 Å². The second-order valence-corrected chi connectivity index (χ2v) is 7.29. The fourth-order valence-electron chi connectivity index (χ4n) is 2.71. The predicted octanol–water partition coefficient (Wildman–Crippen LogP) is 3.08. The average Bonchev–Trinajstić information content (AvgIpc) is 3.32. The molecular weight excluding hydrogens is 320 g/mol. The number of imidazole rings is 1.